The number of halogens is 3. The van der Waals surface area contributed by atoms with Crippen molar-refractivity contribution < 1.29 is 18.0 Å². The van der Waals surface area contributed by atoms with Gasteiger partial charge in [0.25, 0.3) is 0 Å². The van der Waals surface area contributed by atoms with Crippen molar-refractivity contribution in [2.24, 2.45) is 11.8 Å². The fourth-order valence-corrected chi connectivity index (χ4v) is 5.36. The van der Waals surface area contributed by atoms with Gasteiger partial charge >= 0.3 is 6.18 Å². The van der Waals surface area contributed by atoms with Crippen LogP contribution in [-0.2, 0) is 11.0 Å². The number of hydrogen-bond acceptors (Lipinski definition) is 5. The van der Waals surface area contributed by atoms with Gasteiger partial charge in [0.2, 0.25) is 0 Å². The number of Topliss-reactive ketones (excluding diaryl/α,β-unsaturated/α-hetero) is 1. The van der Waals surface area contributed by atoms with Crippen molar-refractivity contribution >= 4 is 22.4 Å². The Labute approximate surface area is 193 Å². The summed E-state index contributed by atoms with van der Waals surface area (Å²) in [5, 5.41) is 0.511. The van der Waals surface area contributed by atoms with Crippen LogP contribution in [-0.4, -0.2) is 72.9 Å². The van der Waals surface area contributed by atoms with Gasteiger partial charge in [0.05, 0.1) is 17.1 Å². The van der Waals surface area contributed by atoms with Crippen LogP contribution in [0.25, 0.3) is 10.9 Å². The molecule has 2 saturated heterocycles. The summed E-state index contributed by atoms with van der Waals surface area (Å²) in [5.41, 5.74) is 0.0406. The van der Waals surface area contributed by atoms with E-state index in [2.05, 4.69) is 33.7 Å². The number of likely N-dealkylation sites (N-methyl/N-ethyl adjacent to an activating group) is 1. The minimum Gasteiger partial charge on any atom is -0.370 e. The van der Waals surface area contributed by atoms with Gasteiger partial charge in [-0.05, 0) is 56.5 Å². The third kappa shape index (κ3) is 5.32. The maximum atomic E-state index is 13.5. The molecule has 180 valence electrons. The van der Waals surface area contributed by atoms with Gasteiger partial charge in [-0.2, -0.15) is 13.2 Å². The Hall–Kier alpha value is -2.19. The molecule has 0 bridgehead atoms. The van der Waals surface area contributed by atoms with Gasteiger partial charge in [-0.15, -0.1) is 0 Å². The van der Waals surface area contributed by atoms with Crippen LogP contribution in [0.3, 0.4) is 0 Å². The van der Waals surface area contributed by atoms with E-state index in [4.69, 9.17) is 0 Å². The lowest BCUT2D eigenvalue weighted by Gasteiger charge is -2.40. The number of piperazine rings is 1. The van der Waals surface area contributed by atoms with Gasteiger partial charge in [0.15, 0.2) is 0 Å². The highest BCUT2D eigenvalue weighted by Crippen LogP contribution is 2.39. The summed E-state index contributed by atoms with van der Waals surface area (Å²) in [6.07, 6.45) is -1.59. The molecule has 0 saturated carbocycles. The summed E-state index contributed by atoms with van der Waals surface area (Å²) in [7, 11) is 2.10. The normalized spacial score (nSPS) is 24.2. The van der Waals surface area contributed by atoms with Crippen LogP contribution in [0.4, 0.5) is 18.9 Å². The Morgan fingerprint density at radius 1 is 1.15 bits per heavy atom. The summed E-state index contributed by atoms with van der Waals surface area (Å²) in [4.78, 5) is 23.9. The first-order valence-electron chi connectivity index (χ1n) is 11.8. The Morgan fingerprint density at radius 3 is 2.58 bits per heavy atom. The molecule has 1 aromatic heterocycles. The van der Waals surface area contributed by atoms with Gasteiger partial charge in [-0.3, -0.25) is 14.7 Å². The zero-order chi connectivity index (χ0) is 23.8. The van der Waals surface area contributed by atoms with E-state index in [0.717, 1.165) is 50.9 Å². The molecule has 2 aliphatic heterocycles. The highest BCUT2D eigenvalue weighted by Gasteiger charge is 2.35. The van der Waals surface area contributed by atoms with Crippen molar-refractivity contribution in [2.45, 2.75) is 38.9 Å². The minimum atomic E-state index is -4.45. The van der Waals surface area contributed by atoms with Gasteiger partial charge in [0.1, 0.15) is 5.78 Å². The highest BCUT2D eigenvalue weighted by molar-refractivity contribution is 5.94. The number of anilines is 1. The number of fused-ring (bicyclic) bond motifs is 1. The Balaban J connectivity index is 1.51. The maximum Gasteiger partial charge on any atom is 0.418 e. The predicted octanol–water partition coefficient (Wildman–Crippen LogP) is 4.31. The summed E-state index contributed by atoms with van der Waals surface area (Å²) < 4.78 is 40.5. The fourth-order valence-electron chi connectivity index (χ4n) is 5.36. The summed E-state index contributed by atoms with van der Waals surface area (Å²) in [6.45, 7) is 9.34. The van der Waals surface area contributed by atoms with Gasteiger partial charge in [0, 0.05) is 63.0 Å². The van der Waals surface area contributed by atoms with Crippen LogP contribution >= 0.6 is 0 Å². The van der Waals surface area contributed by atoms with Crippen molar-refractivity contribution in [1.29, 1.82) is 0 Å². The number of pyridine rings is 1. The molecule has 2 fully saturated rings. The third-order valence-electron chi connectivity index (χ3n) is 7.18. The average Bonchev–Trinajstić information content (AvgIpc) is 2.77. The van der Waals surface area contributed by atoms with E-state index < -0.39 is 11.7 Å². The Bertz CT molecular complexity index is 987. The number of aromatic nitrogens is 1. The smallest absolute Gasteiger partial charge is 0.370 e. The molecule has 1 aromatic carbocycles. The van der Waals surface area contributed by atoms with Crippen LogP contribution in [0.1, 0.15) is 32.3 Å². The fraction of sp³-hybridized carbons (Fsp3) is 0.600. The molecule has 0 aliphatic carbocycles. The molecule has 0 N–H and O–H groups in total. The lowest BCUT2D eigenvalue weighted by atomic mass is 9.85. The summed E-state index contributed by atoms with van der Waals surface area (Å²) >= 11 is 0. The van der Waals surface area contributed by atoms with Crippen molar-refractivity contribution in [3.63, 3.8) is 0 Å². The van der Waals surface area contributed by atoms with E-state index in [1.54, 1.807) is 18.2 Å². The van der Waals surface area contributed by atoms with E-state index in [1.165, 1.54) is 6.20 Å². The van der Waals surface area contributed by atoms with Gasteiger partial charge in [-0.25, -0.2) is 0 Å². The second-order valence-corrected chi connectivity index (χ2v) is 9.83. The molecule has 0 unspecified atom stereocenters. The van der Waals surface area contributed by atoms with E-state index >= 15 is 0 Å². The van der Waals surface area contributed by atoms with E-state index in [-0.39, 0.29) is 23.3 Å². The van der Waals surface area contributed by atoms with E-state index in [1.807, 2.05) is 6.92 Å². The average molecular weight is 463 g/mol. The second-order valence-electron chi connectivity index (χ2n) is 9.83. The number of benzene rings is 1. The molecule has 4 rings (SSSR count). The summed E-state index contributed by atoms with van der Waals surface area (Å²) in [5.74, 6) is 0.798. The van der Waals surface area contributed by atoms with Gasteiger partial charge < -0.3 is 9.80 Å². The lowest BCUT2D eigenvalue weighted by Crippen LogP contribution is -2.51. The maximum absolute atomic E-state index is 13.5. The minimum absolute atomic E-state index is 0.0166. The quantitative estimate of drug-likeness (QED) is 0.662. The largest absolute Gasteiger partial charge is 0.418 e. The molecular weight excluding hydrogens is 429 g/mol. The number of nitrogens with zero attached hydrogens (tertiary/aromatic N) is 4. The number of piperidine rings is 1. The molecule has 33 heavy (non-hydrogen) atoms. The van der Waals surface area contributed by atoms with Gasteiger partial charge in [-0.1, -0.05) is 6.92 Å². The van der Waals surface area contributed by atoms with Crippen molar-refractivity contribution in [2.75, 3.05) is 51.2 Å². The molecule has 5 nitrogen and oxygen atoms in total. The van der Waals surface area contributed by atoms with Crippen molar-refractivity contribution in [3.8, 4) is 0 Å². The summed E-state index contributed by atoms with van der Waals surface area (Å²) in [6, 6.07) is 6.00. The molecule has 2 aliphatic rings. The Kier molecular flexibility index (Phi) is 6.96. The SMILES string of the molecule is C[C@H]1C[C@@H](CC(=O)[C@@H](C)N2CCN(C)CC2)CN(c2ccc(C(F)(F)F)c3ncccc23)C1. The molecule has 0 amide bonds. The number of rotatable bonds is 5. The molecule has 0 spiro atoms. The molecule has 3 atom stereocenters. The monoisotopic (exact) mass is 462 g/mol. The number of ketones is 1. The topological polar surface area (TPSA) is 39.7 Å². The first-order valence-corrected chi connectivity index (χ1v) is 11.8. The number of carbonyl (C=O) groups is 1. The first-order chi connectivity index (χ1) is 15.6. The zero-order valence-corrected chi connectivity index (χ0v) is 19.6. The van der Waals surface area contributed by atoms with E-state index in [9.17, 15) is 18.0 Å². The van der Waals surface area contributed by atoms with Crippen LogP contribution < -0.4 is 4.90 Å². The number of hydrogen-bond donors (Lipinski definition) is 0. The molecule has 8 heteroatoms. The van der Waals surface area contributed by atoms with Crippen molar-refractivity contribution in [1.82, 2.24) is 14.8 Å². The zero-order valence-electron chi connectivity index (χ0n) is 19.6. The Morgan fingerprint density at radius 2 is 1.88 bits per heavy atom. The number of alkyl halides is 3. The highest BCUT2D eigenvalue weighted by atomic mass is 19.4. The van der Waals surface area contributed by atoms with Crippen molar-refractivity contribution in [3.05, 3.63) is 36.0 Å². The third-order valence-corrected chi connectivity index (χ3v) is 7.18. The lowest BCUT2D eigenvalue weighted by molar-refractivity contribution is -0.136. The van der Waals surface area contributed by atoms with Crippen LogP contribution in [0.2, 0.25) is 0 Å². The molecular formula is C25H33F3N4O. The first kappa shape index (κ1) is 24.0. The standard InChI is InChI=1S/C25H33F3N4O/c1-17-13-19(14-23(33)18(2)31-11-9-30(3)10-12-31)16-32(15-17)22-7-6-21(25(26,27)28)24-20(22)5-4-8-29-24/h4-8,17-19H,9-16H2,1-3H3/t17-,18+,19-/m0/s1. The second kappa shape index (κ2) is 9.58. The number of carbonyl (C=O) groups excluding carboxylic acids is 1. The van der Waals surface area contributed by atoms with E-state index in [0.29, 0.717) is 24.3 Å². The molecule has 2 aromatic rings. The predicted molar refractivity (Wildman–Crippen MR) is 124 cm³/mol. The molecule has 3 heterocycles. The van der Waals surface area contributed by atoms with Crippen LogP contribution in [0.5, 0.6) is 0 Å². The molecule has 0 radical (unpaired) electrons. The van der Waals surface area contributed by atoms with Crippen LogP contribution in [0.15, 0.2) is 30.5 Å². The van der Waals surface area contributed by atoms with Crippen LogP contribution in [0, 0.1) is 11.8 Å².